The molecule has 98 valence electrons. The van der Waals surface area contributed by atoms with Crippen LogP contribution in [0.5, 0.6) is 0 Å². The summed E-state index contributed by atoms with van der Waals surface area (Å²) in [7, 11) is 0. The minimum Gasteiger partial charge on any atom is -0.320 e. The van der Waals surface area contributed by atoms with Crippen LogP contribution >= 0.6 is 0 Å². The topological polar surface area (TPSA) is 64.0 Å². The van der Waals surface area contributed by atoms with Crippen LogP contribution in [0.15, 0.2) is 18.5 Å². The molecule has 5 heteroatoms. The van der Waals surface area contributed by atoms with E-state index in [9.17, 15) is 9.59 Å². The standard InChI is InChI=1S/C14H15N3O2/c1-8-5-10-9(2)7-17(13(10)15-6-8)11-3-4-12(18)16-14(11)19/h5-7,11H,3-4H2,1-2H3,(H,16,18,19). The zero-order valence-corrected chi connectivity index (χ0v) is 10.9. The predicted octanol–water partition coefficient (Wildman–Crippen LogP) is 1.63. The molecular weight excluding hydrogens is 242 g/mol. The molecule has 1 unspecified atom stereocenters. The van der Waals surface area contributed by atoms with Crippen LogP contribution in [0.3, 0.4) is 0 Å². The number of amides is 2. The van der Waals surface area contributed by atoms with E-state index in [0.29, 0.717) is 12.8 Å². The smallest absolute Gasteiger partial charge is 0.249 e. The molecule has 5 nitrogen and oxygen atoms in total. The minimum atomic E-state index is -0.343. The third-order valence-electron chi connectivity index (χ3n) is 3.55. The van der Waals surface area contributed by atoms with E-state index in [1.165, 1.54) is 0 Å². The summed E-state index contributed by atoms with van der Waals surface area (Å²) in [4.78, 5) is 27.6. The summed E-state index contributed by atoms with van der Waals surface area (Å²) in [5, 5.41) is 3.45. The number of carbonyl (C=O) groups excluding carboxylic acids is 2. The van der Waals surface area contributed by atoms with E-state index in [4.69, 9.17) is 0 Å². The van der Waals surface area contributed by atoms with Crippen molar-refractivity contribution >= 4 is 22.8 Å². The first-order valence-electron chi connectivity index (χ1n) is 6.34. The monoisotopic (exact) mass is 257 g/mol. The van der Waals surface area contributed by atoms with E-state index in [1.54, 1.807) is 6.20 Å². The Hall–Kier alpha value is -2.17. The normalized spacial score (nSPS) is 19.8. The van der Waals surface area contributed by atoms with Gasteiger partial charge in [-0.15, -0.1) is 0 Å². The Morgan fingerprint density at radius 3 is 2.89 bits per heavy atom. The molecule has 1 fully saturated rings. The van der Waals surface area contributed by atoms with Gasteiger partial charge in [0.05, 0.1) is 0 Å². The van der Waals surface area contributed by atoms with Crippen molar-refractivity contribution in [1.29, 1.82) is 0 Å². The fourth-order valence-electron chi connectivity index (χ4n) is 2.58. The molecule has 3 heterocycles. The Balaban J connectivity index is 2.10. The van der Waals surface area contributed by atoms with E-state index in [2.05, 4.69) is 16.4 Å². The quantitative estimate of drug-likeness (QED) is 0.790. The molecule has 0 spiro atoms. The third-order valence-corrected chi connectivity index (χ3v) is 3.55. The Morgan fingerprint density at radius 2 is 2.16 bits per heavy atom. The number of nitrogens with zero attached hydrogens (tertiary/aromatic N) is 2. The van der Waals surface area contributed by atoms with Crippen molar-refractivity contribution in [2.45, 2.75) is 32.7 Å². The van der Waals surface area contributed by atoms with Gasteiger partial charge in [0.15, 0.2) is 0 Å². The van der Waals surface area contributed by atoms with Crippen molar-refractivity contribution in [1.82, 2.24) is 14.9 Å². The number of aryl methyl sites for hydroxylation is 2. The summed E-state index contributed by atoms with van der Waals surface area (Å²) in [6, 6.07) is 1.73. The summed E-state index contributed by atoms with van der Waals surface area (Å²) in [6.45, 7) is 4.00. The van der Waals surface area contributed by atoms with Crippen LogP contribution < -0.4 is 5.32 Å². The second-order valence-corrected chi connectivity index (χ2v) is 5.07. The van der Waals surface area contributed by atoms with Gasteiger partial charge in [-0.2, -0.15) is 0 Å². The average Bonchev–Trinajstić information content (AvgIpc) is 2.66. The first-order valence-corrected chi connectivity index (χ1v) is 6.34. The molecule has 0 bridgehead atoms. The molecule has 0 radical (unpaired) electrons. The van der Waals surface area contributed by atoms with Crippen LogP contribution in [0.2, 0.25) is 0 Å². The molecule has 2 aromatic rings. The zero-order valence-electron chi connectivity index (χ0n) is 10.9. The third kappa shape index (κ3) is 1.91. The first-order chi connectivity index (χ1) is 9.06. The Morgan fingerprint density at radius 1 is 1.37 bits per heavy atom. The van der Waals surface area contributed by atoms with E-state index < -0.39 is 0 Å². The highest BCUT2D eigenvalue weighted by Crippen LogP contribution is 2.27. The van der Waals surface area contributed by atoms with E-state index in [0.717, 1.165) is 22.2 Å². The number of hydrogen-bond donors (Lipinski definition) is 1. The number of fused-ring (bicyclic) bond motifs is 1. The highest BCUT2D eigenvalue weighted by molar-refractivity contribution is 6.00. The summed E-state index contributed by atoms with van der Waals surface area (Å²) in [6.07, 6.45) is 4.64. The van der Waals surface area contributed by atoms with Gasteiger partial charge >= 0.3 is 0 Å². The zero-order chi connectivity index (χ0) is 13.6. The first kappa shape index (κ1) is 11.9. The van der Waals surface area contributed by atoms with Crippen LogP contribution in [0.1, 0.15) is 30.0 Å². The van der Waals surface area contributed by atoms with Crippen molar-refractivity contribution in [3.8, 4) is 0 Å². The lowest BCUT2D eigenvalue weighted by molar-refractivity contribution is -0.135. The maximum atomic E-state index is 11.9. The van der Waals surface area contributed by atoms with Crippen molar-refractivity contribution in [3.05, 3.63) is 29.6 Å². The number of piperidine rings is 1. The molecule has 0 saturated carbocycles. The fraction of sp³-hybridized carbons (Fsp3) is 0.357. The molecule has 0 aromatic carbocycles. The maximum Gasteiger partial charge on any atom is 0.249 e. The van der Waals surface area contributed by atoms with Crippen molar-refractivity contribution < 1.29 is 9.59 Å². The highest BCUT2D eigenvalue weighted by atomic mass is 16.2. The van der Waals surface area contributed by atoms with Gasteiger partial charge in [0.2, 0.25) is 11.8 Å². The van der Waals surface area contributed by atoms with Crippen LogP contribution in [-0.2, 0) is 9.59 Å². The summed E-state index contributed by atoms with van der Waals surface area (Å²) in [5.41, 5.74) is 2.99. The van der Waals surface area contributed by atoms with Crippen LogP contribution in [0.25, 0.3) is 11.0 Å². The summed E-state index contributed by atoms with van der Waals surface area (Å²) < 4.78 is 1.88. The van der Waals surface area contributed by atoms with Crippen molar-refractivity contribution in [3.63, 3.8) is 0 Å². The SMILES string of the molecule is Cc1cnc2c(c1)c(C)cn2C1CCC(=O)NC1=O. The van der Waals surface area contributed by atoms with Crippen LogP contribution in [0.4, 0.5) is 0 Å². The molecule has 3 rings (SSSR count). The Kier molecular flexibility index (Phi) is 2.62. The number of rotatable bonds is 1. The van der Waals surface area contributed by atoms with Crippen molar-refractivity contribution in [2.75, 3.05) is 0 Å². The van der Waals surface area contributed by atoms with Crippen LogP contribution in [-0.4, -0.2) is 21.4 Å². The van der Waals surface area contributed by atoms with E-state index in [1.807, 2.05) is 24.6 Å². The lowest BCUT2D eigenvalue weighted by Gasteiger charge is -2.22. The molecule has 2 amide bonds. The Labute approximate surface area is 110 Å². The highest BCUT2D eigenvalue weighted by Gasteiger charge is 2.29. The number of nitrogens with one attached hydrogen (secondary N) is 1. The number of hydrogen-bond acceptors (Lipinski definition) is 3. The summed E-state index contributed by atoms with van der Waals surface area (Å²) >= 11 is 0. The van der Waals surface area contributed by atoms with Gasteiger partial charge in [-0.1, -0.05) is 0 Å². The van der Waals surface area contributed by atoms with Gasteiger partial charge in [-0.05, 0) is 37.5 Å². The van der Waals surface area contributed by atoms with Gasteiger partial charge in [-0.25, -0.2) is 4.98 Å². The van der Waals surface area contributed by atoms with Gasteiger partial charge in [0.25, 0.3) is 0 Å². The number of aromatic nitrogens is 2. The predicted molar refractivity (Wildman–Crippen MR) is 70.6 cm³/mol. The molecule has 1 saturated heterocycles. The van der Waals surface area contributed by atoms with Gasteiger partial charge < -0.3 is 4.57 Å². The minimum absolute atomic E-state index is 0.196. The molecular formula is C14H15N3O2. The lowest BCUT2D eigenvalue weighted by atomic mass is 10.1. The van der Waals surface area contributed by atoms with Crippen LogP contribution in [0, 0.1) is 13.8 Å². The molecule has 1 aliphatic heterocycles. The largest absolute Gasteiger partial charge is 0.320 e. The van der Waals surface area contributed by atoms with Gasteiger partial charge in [0, 0.05) is 24.2 Å². The number of pyridine rings is 1. The van der Waals surface area contributed by atoms with Crippen molar-refractivity contribution in [2.24, 2.45) is 0 Å². The van der Waals surface area contributed by atoms with Gasteiger partial charge in [0.1, 0.15) is 11.7 Å². The second-order valence-electron chi connectivity index (χ2n) is 5.07. The van der Waals surface area contributed by atoms with E-state index in [-0.39, 0.29) is 17.9 Å². The number of carbonyl (C=O) groups is 2. The van der Waals surface area contributed by atoms with E-state index >= 15 is 0 Å². The maximum absolute atomic E-state index is 11.9. The number of imide groups is 1. The molecule has 1 atom stereocenters. The average molecular weight is 257 g/mol. The fourth-order valence-corrected chi connectivity index (χ4v) is 2.58. The molecule has 2 aromatic heterocycles. The molecule has 0 aliphatic carbocycles. The lowest BCUT2D eigenvalue weighted by Crippen LogP contribution is -2.41. The summed E-state index contributed by atoms with van der Waals surface area (Å²) in [5.74, 6) is -0.436. The molecule has 1 aliphatic rings. The Bertz CT molecular complexity index is 687. The second kappa shape index (κ2) is 4.19. The van der Waals surface area contributed by atoms with Gasteiger partial charge in [-0.3, -0.25) is 14.9 Å². The molecule has 19 heavy (non-hydrogen) atoms. The molecule has 1 N–H and O–H groups in total.